The van der Waals surface area contributed by atoms with E-state index in [0.29, 0.717) is 0 Å². The Kier molecular flexibility index (Phi) is 4.74. The summed E-state index contributed by atoms with van der Waals surface area (Å²) in [5, 5.41) is 2.38. The molecule has 6 nitrogen and oxygen atoms in total. The predicted molar refractivity (Wildman–Crippen MR) is 116 cm³/mol. The summed E-state index contributed by atoms with van der Waals surface area (Å²) in [4.78, 5) is 4.90. The topological polar surface area (TPSA) is 43.4 Å². The van der Waals surface area contributed by atoms with Crippen LogP contribution in [0, 0.1) is 0 Å². The van der Waals surface area contributed by atoms with Crippen molar-refractivity contribution in [2.75, 3.05) is 57.5 Å². The van der Waals surface area contributed by atoms with E-state index in [2.05, 4.69) is 40.1 Å². The molecule has 3 heterocycles. The summed E-state index contributed by atoms with van der Waals surface area (Å²) in [6, 6.07) is 10.8. The van der Waals surface area contributed by atoms with E-state index in [-0.39, 0.29) is 11.8 Å². The number of morpholine rings is 2. The molecule has 30 heavy (non-hydrogen) atoms. The van der Waals surface area contributed by atoms with Gasteiger partial charge in [0.05, 0.1) is 26.4 Å². The van der Waals surface area contributed by atoms with Crippen LogP contribution in [-0.4, -0.2) is 69.3 Å². The lowest BCUT2D eigenvalue weighted by atomic mass is 9.85. The van der Waals surface area contributed by atoms with Gasteiger partial charge in [-0.3, -0.25) is 4.90 Å². The van der Waals surface area contributed by atoms with Gasteiger partial charge < -0.3 is 23.8 Å². The molecule has 3 aliphatic heterocycles. The molecule has 2 atom stereocenters. The molecular weight excluding hydrogens is 380 g/mol. The Morgan fingerprint density at radius 2 is 1.60 bits per heavy atom. The molecule has 0 amide bonds. The van der Waals surface area contributed by atoms with Gasteiger partial charge in [0.15, 0.2) is 17.6 Å². The summed E-state index contributed by atoms with van der Waals surface area (Å²) in [5.74, 6) is 1.80. The molecule has 160 valence electrons. The van der Waals surface area contributed by atoms with Gasteiger partial charge in [-0.25, -0.2) is 0 Å². The smallest absolute Gasteiger partial charge is 0.200 e. The average Bonchev–Trinajstić information content (AvgIpc) is 2.83. The van der Waals surface area contributed by atoms with Crippen LogP contribution in [-0.2, 0) is 9.47 Å². The van der Waals surface area contributed by atoms with Crippen molar-refractivity contribution in [3.8, 4) is 11.5 Å². The van der Waals surface area contributed by atoms with Crippen LogP contribution in [0.15, 0.2) is 30.3 Å². The third-order valence-electron chi connectivity index (χ3n) is 7.14. The molecule has 1 aliphatic carbocycles. The van der Waals surface area contributed by atoms with Crippen LogP contribution in [0.2, 0.25) is 0 Å². The van der Waals surface area contributed by atoms with Gasteiger partial charge in [-0.2, -0.15) is 0 Å². The zero-order valence-corrected chi connectivity index (χ0v) is 17.5. The standard InChI is InChI=1S/C24H30N2O4/c1-2-6-19-18(5-1)20(25-9-13-27-14-10-25)17-21-23(19)29-22-7-3-4-8-24(22,30-21)26-11-15-28-16-12-26/h1-2,5-6,17,22H,3-4,7-16H2/t22-,24+/m1/s1. The Balaban J connectivity index is 1.47. The maximum atomic E-state index is 6.99. The Labute approximate surface area is 177 Å². The molecule has 2 aromatic rings. The Morgan fingerprint density at radius 3 is 2.40 bits per heavy atom. The van der Waals surface area contributed by atoms with Crippen molar-refractivity contribution in [2.24, 2.45) is 0 Å². The maximum absolute atomic E-state index is 6.99. The fourth-order valence-corrected chi connectivity index (χ4v) is 5.63. The summed E-state index contributed by atoms with van der Waals surface area (Å²) in [6.45, 7) is 6.67. The van der Waals surface area contributed by atoms with E-state index in [1.807, 2.05) is 0 Å². The van der Waals surface area contributed by atoms with Crippen molar-refractivity contribution in [3.05, 3.63) is 30.3 Å². The highest BCUT2D eigenvalue weighted by atomic mass is 16.6. The van der Waals surface area contributed by atoms with E-state index in [4.69, 9.17) is 18.9 Å². The van der Waals surface area contributed by atoms with Crippen molar-refractivity contribution in [1.82, 2.24) is 4.90 Å². The molecule has 0 N–H and O–H groups in total. The molecule has 6 heteroatoms. The number of nitrogens with zero attached hydrogens (tertiary/aromatic N) is 2. The predicted octanol–water partition coefficient (Wildman–Crippen LogP) is 3.42. The first kappa shape index (κ1) is 18.7. The summed E-state index contributed by atoms with van der Waals surface area (Å²) in [7, 11) is 0. The molecule has 0 spiro atoms. The number of benzene rings is 2. The van der Waals surface area contributed by atoms with Crippen molar-refractivity contribution < 1.29 is 18.9 Å². The lowest BCUT2D eigenvalue weighted by molar-refractivity contribution is -0.202. The molecule has 6 rings (SSSR count). The van der Waals surface area contributed by atoms with Crippen molar-refractivity contribution in [3.63, 3.8) is 0 Å². The molecular formula is C24H30N2O4. The second-order valence-corrected chi connectivity index (χ2v) is 8.77. The maximum Gasteiger partial charge on any atom is 0.200 e. The monoisotopic (exact) mass is 410 g/mol. The first-order valence-corrected chi connectivity index (χ1v) is 11.4. The van der Waals surface area contributed by atoms with Gasteiger partial charge >= 0.3 is 0 Å². The van der Waals surface area contributed by atoms with Gasteiger partial charge in [0.1, 0.15) is 0 Å². The number of rotatable bonds is 2. The van der Waals surface area contributed by atoms with E-state index in [9.17, 15) is 0 Å². The zero-order chi connectivity index (χ0) is 20.0. The molecule has 1 saturated carbocycles. The van der Waals surface area contributed by atoms with Crippen LogP contribution in [0.3, 0.4) is 0 Å². The lowest BCUT2D eigenvalue weighted by Gasteiger charge is -2.53. The van der Waals surface area contributed by atoms with E-state index in [1.54, 1.807) is 0 Å². The fraction of sp³-hybridized carbons (Fsp3) is 0.583. The molecule has 0 aromatic heterocycles. The summed E-state index contributed by atoms with van der Waals surface area (Å²) < 4.78 is 25.0. The Morgan fingerprint density at radius 1 is 0.867 bits per heavy atom. The summed E-state index contributed by atoms with van der Waals surface area (Å²) >= 11 is 0. The summed E-state index contributed by atoms with van der Waals surface area (Å²) in [5.41, 5.74) is 0.849. The number of anilines is 1. The highest BCUT2D eigenvalue weighted by Gasteiger charge is 2.53. The second kappa shape index (κ2) is 7.59. The van der Waals surface area contributed by atoms with Gasteiger partial charge in [-0.05, 0) is 19.3 Å². The normalized spacial score (nSPS) is 29.6. The van der Waals surface area contributed by atoms with E-state index in [0.717, 1.165) is 82.3 Å². The van der Waals surface area contributed by atoms with Crippen LogP contribution >= 0.6 is 0 Å². The van der Waals surface area contributed by atoms with Crippen LogP contribution in [0.25, 0.3) is 10.8 Å². The van der Waals surface area contributed by atoms with Gasteiger partial charge in [0.25, 0.3) is 0 Å². The Bertz CT molecular complexity index is 923. The van der Waals surface area contributed by atoms with Crippen molar-refractivity contribution in [1.29, 1.82) is 0 Å². The lowest BCUT2D eigenvalue weighted by Crippen LogP contribution is -2.67. The van der Waals surface area contributed by atoms with Crippen molar-refractivity contribution in [2.45, 2.75) is 37.5 Å². The van der Waals surface area contributed by atoms with Crippen LogP contribution in [0.5, 0.6) is 11.5 Å². The molecule has 3 fully saturated rings. The van der Waals surface area contributed by atoms with Gasteiger partial charge in [0.2, 0.25) is 5.72 Å². The van der Waals surface area contributed by atoms with E-state index >= 15 is 0 Å². The Hall–Kier alpha value is -2.02. The number of hydrogen-bond acceptors (Lipinski definition) is 6. The molecule has 2 saturated heterocycles. The van der Waals surface area contributed by atoms with Crippen LogP contribution < -0.4 is 14.4 Å². The van der Waals surface area contributed by atoms with E-state index in [1.165, 1.54) is 23.9 Å². The highest BCUT2D eigenvalue weighted by Crippen LogP contribution is 2.51. The minimum atomic E-state index is -0.375. The molecule has 0 unspecified atom stereocenters. The van der Waals surface area contributed by atoms with Gasteiger partial charge in [0, 0.05) is 55.1 Å². The SMILES string of the molecule is c1ccc2c3c(cc(N4CCOCC4)c2c1)O[C@@]1(N2CCOCC2)CCCC[C@H]1O3. The number of ether oxygens (including phenoxy) is 4. The summed E-state index contributed by atoms with van der Waals surface area (Å²) in [6.07, 6.45) is 4.48. The minimum absolute atomic E-state index is 0.0643. The van der Waals surface area contributed by atoms with Gasteiger partial charge in [-0.1, -0.05) is 24.3 Å². The second-order valence-electron chi connectivity index (χ2n) is 8.77. The average molecular weight is 411 g/mol. The molecule has 0 radical (unpaired) electrons. The van der Waals surface area contributed by atoms with Crippen LogP contribution in [0.4, 0.5) is 5.69 Å². The first-order chi connectivity index (χ1) is 14.9. The number of hydrogen-bond donors (Lipinski definition) is 0. The minimum Gasteiger partial charge on any atom is -0.480 e. The third kappa shape index (κ3) is 2.96. The van der Waals surface area contributed by atoms with Crippen LogP contribution in [0.1, 0.15) is 25.7 Å². The largest absolute Gasteiger partial charge is 0.480 e. The highest BCUT2D eigenvalue weighted by molar-refractivity contribution is 6.00. The number of fused-ring (bicyclic) bond motifs is 4. The third-order valence-corrected chi connectivity index (χ3v) is 7.14. The van der Waals surface area contributed by atoms with Gasteiger partial charge in [-0.15, -0.1) is 0 Å². The zero-order valence-electron chi connectivity index (χ0n) is 17.5. The quantitative estimate of drug-likeness (QED) is 0.756. The fourth-order valence-electron chi connectivity index (χ4n) is 5.63. The molecule has 0 bridgehead atoms. The van der Waals surface area contributed by atoms with E-state index < -0.39 is 0 Å². The first-order valence-electron chi connectivity index (χ1n) is 11.4. The molecule has 2 aromatic carbocycles. The molecule has 4 aliphatic rings. The van der Waals surface area contributed by atoms with Crippen molar-refractivity contribution >= 4 is 16.5 Å².